The molecular formula is C11H22O6. The van der Waals surface area contributed by atoms with Crippen molar-refractivity contribution in [2.24, 2.45) is 0 Å². The average Bonchev–Trinajstić information content (AvgIpc) is 2.15. The highest BCUT2D eigenvalue weighted by atomic mass is 16.6. The van der Waals surface area contributed by atoms with Crippen LogP contribution >= 0.6 is 0 Å². The van der Waals surface area contributed by atoms with Gasteiger partial charge in [-0.15, -0.1) is 0 Å². The molecule has 0 aromatic rings. The second kappa shape index (κ2) is 8.95. The number of ether oxygens (including phenoxy) is 3. The molecule has 17 heavy (non-hydrogen) atoms. The van der Waals surface area contributed by atoms with Gasteiger partial charge in [-0.2, -0.15) is 0 Å². The molecule has 0 aromatic heterocycles. The maximum atomic E-state index is 10.4. The molecule has 6 heteroatoms. The number of aliphatic hydroxyl groups is 1. The van der Waals surface area contributed by atoms with Crippen LogP contribution in [0.1, 0.15) is 27.7 Å². The van der Waals surface area contributed by atoms with Crippen LogP contribution in [0.5, 0.6) is 0 Å². The van der Waals surface area contributed by atoms with E-state index in [1.165, 1.54) is 27.9 Å². The smallest absolute Gasteiger partial charge is 0.337 e. The van der Waals surface area contributed by atoms with E-state index in [1.807, 2.05) is 0 Å². The van der Waals surface area contributed by atoms with Gasteiger partial charge in [0.15, 0.2) is 5.60 Å². The van der Waals surface area contributed by atoms with Gasteiger partial charge in [-0.25, -0.2) is 4.79 Å². The number of carbonyl (C=O) groups is 2. The topological polar surface area (TPSA) is 82.1 Å². The van der Waals surface area contributed by atoms with Crippen LogP contribution < -0.4 is 0 Å². The third kappa shape index (κ3) is 12.8. The number of rotatable bonds is 4. The predicted molar refractivity (Wildman–Crippen MR) is 61.4 cm³/mol. The Morgan fingerprint density at radius 3 is 1.94 bits per heavy atom. The van der Waals surface area contributed by atoms with Crippen molar-refractivity contribution in [3.8, 4) is 0 Å². The van der Waals surface area contributed by atoms with E-state index in [0.717, 1.165) is 0 Å². The zero-order valence-corrected chi connectivity index (χ0v) is 11.3. The fraction of sp³-hybridized carbons (Fsp3) is 0.818. The molecule has 0 spiro atoms. The lowest BCUT2D eigenvalue weighted by Crippen LogP contribution is -2.31. The molecule has 0 aliphatic heterocycles. The molecular weight excluding hydrogens is 228 g/mol. The SMILES string of the molecule is COC(=O)C(C)(C)O.COCC(C)OC(C)=O. The number of esters is 2. The van der Waals surface area contributed by atoms with Crippen LogP contribution in [0.15, 0.2) is 0 Å². The molecule has 0 rings (SSSR count). The van der Waals surface area contributed by atoms with Gasteiger partial charge < -0.3 is 19.3 Å². The summed E-state index contributed by atoms with van der Waals surface area (Å²) in [5, 5.41) is 8.81. The highest BCUT2D eigenvalue weighted by Gasteiger charge is 2.23. The lowest BCUT2D eigenvalue weighted by Gasteiger charge is -2.12. The van der Waals surface area contributed by atoms with Crippen molar-refractivity contribution in [3.63, 3.8) is 0 Å². The summed E-state index contributed by atoms with van der Waals surface area (Å²) in [7, 11) is 2.81. The van der Waals surface area contributed by atoms with Gasteiger partial charge in [0.1, 0.15) is 6.10 Å². The molecule has 0 aromatic carbocycles. The predicted octanol–water partition coefficient (Wildman–Crippen LogP) is 0.515. The molecule has 1 atom stereocenters. The van der Waals surface area contributed by atoms with E-state index >= 15 is 0 Å². The fourth-order valence-electron chi connectivity index (χ4n) is 0.802. The van der Waals surface area contributed by atoms with Gasteiger partial charge in [-0.05, 0) is 20.8 Å². The van der Waals surface area contributed by atoms with E-state index < -0.39 is 11.6 Å². The lowest BCUT2D eigenvalue weighted by atomic mass is 10.1. The summed E-state index contributed by atoms with van der Waals surface area (Å²) >= 11 is 0. The molecule has 0 amide bonds. The molecule has 102 valence electrons. The van der Waals surface area contributed by atoms with Gasteiger partial charge in [0, 0.05) is 14.0 Å². The van der Waals surface area contributed by atoms with E-state index in [0.29, 0.717) is 6.61 Å². The van der Waals surface area contributed by atoms with Crippen LogP contribution in [0.25, 0.3) is 0 Å². The fourth-order valence-corrected chi connectivity index (χ4v) is 0.802. The van der Waals surface area contributed by atoms with E-state index in [-0.39, 0.29) is 12.1 Å². The molecule has 0 aliphatic rings. The summed E-state index contributed by atoms with van der Waals surface area (Å²) in [6, 6.07) is 0. The van der Waals surface area contributed by atoms with Gasteiger partial charge in [-0.1, -0.05) is 0 Å². The van der Waals surface area contributed by atoms with Crippen molar-refractivity contribution >= 4 is 11.9 Å². The maximum Gasteiger partial charge on any atom is 0.337 e. The molecule has 0 fully saturated rings. The van der Waals surface area contributed by atoms with Gasteiger partial charge >= 0.3 is 11.9 Å². The largest absolute Gasteiger partial charge is 0.467 e. The minimum atomic E-state index is -1.35. The highest BCUT2D eigenvalue weighted by molar-refractivity contribution is 5.77. The molecule has 0 heterocycles. The lowest BCUT2D eigenvalue weighted by molar-refractivity contribution is -0.158. The summed E-state index contributed by atoms with van der Waals surface area (Å²) in [6.45, 7) is 6.37. The van der Waals surface area contributed by atoms with E-state index in [1.54, 1.807) is 14.0 Å². The summed E-state index contributed by atoms with van der Waals surface area (Å²) in [5.74, 6) is -0.878. The Morgan fingerprint density at radius 1 is 1.29 bits per heavy atom. The van der Waals surface area contributed by atoms with Crippen molar-refractivity contribution in [2.45, 2.75) is 39.4 Å². The molecule has 0 aliphatic carbocycles. The third-order valence-electron chi connectivity index (χ3n) is 1.45. The summed E-state index contributed by atoms with van der Waals surface area (Å²) in [4.78, 5) is 20.6. The first kappa shape index (κ1) is 18.2. The molecule has 0 saturated carbocycles. The first-order valence-corrected chi connectivity index (χ1v) is 5.12. The van der Waals surface area contributed by atoms with Gasteiger partial charge in [-0.3, -0.25) is 4.79 Å². The Kier molecular flexibility index (Phi) is 9.60. The molecule has 1 unspecified atom stereocenters. The highest BCUT2D eigenvalue weighted by Crippen LogP contribution is 2.01. The van der Waals surface area contributed by atoms with Crippen molar-refractivity contribution in [1.82, 2.24) is 0 Å². The molecule has 1 N–H and O–H groups in total. The number of carbonyl (C=O) groups excluding carboxylic acids is 2. The maximum absolute atomic E-state index is 10.4. The van der Waals surface area contributed by atoms with Gasteiger partial charge in [0.2, 0.25) is 0 Å². The minimum Gasteiger partial charge on any atom is -0.467 e. The van der Waals surface area contributed by atoms with Gasteiger partial charge in [0.25, 0.3) is 0 Å². The van der Waals surface area contributed by atoms with Crippen molar-refractivity contribution in [3.05, 3.63) is 0 Å². The number of methoxy groups -OCH3 is 2. The van der Waals surface area contributed by atoms with E-state index in [9.17, 15) is 9.59 Å². The third-order valence-corrected chi connectivity index (χ3v) is 1.45. The first-order valence-electron chi connectivity index (χ1n) is 5.12. The molecule has 0 saturated heterocycles. The van der Waals surface area contributed by atoms with E-state index in [2.05, 4.69) is 4.74 Å². The standard InChI is InChI=1S/C6H12O3.C5H10O3/c1-5(4-8-3)9-6(2)7;1-5(2,7)4(6)8-3/h5H,4H2,1-3H3;7H,1-3H3. The average molecular weight is 250 g/mol. The van der Waals surface area contributed by atoms with Crippen LogP contribution in [0.2, 0.25) is 0 Å². The summed E-state index contributed by atoms with van der Waals surface area (Å²) in [6.07, 6.45) is -0.132. The Hall–Kier alpha value is -1.14. The molecule has 0 bridgehead atoms. The second-order valence-electron chi connectivity index (χ2n) is 3.93. The van der Waals surface area contributed by atoms with Crippen LogP contribution in [-0.4, -0.2) is 49.6 Å². The number of hydrogen-bond acceptors (Lipinski definition) is 6. The van der Waals surface area contributed by atoms with E-state index in [4.69, 9.17) is 14.6 Å². The van der Waals surface area contributed by atoms with Crippen molar-refractivity contribution < 1.29 is 28.9 Å². The van der Waals surface area contributed by atoms with Crippen LogP contribution in [0, 0.1) is 0 Å². The van der Waals surface area contributed by atoms with Crippen LogP contribution in [0.4, 0.5) is 0 Å². The van der Waals surface area contributed by atoms with Crippen LogP contribution in [0.3, 0.4) is 0 Å². The first-order chi connectivity index (χ1) is 7.65. The van der Waals surface area contributed by atoms with Crippen LogP contribution in [-0.2, 0) is 23.8 Å². The Morgan fingerprint density at radius 2 is 1.76 bits per heavy atom. The molecule has 0 radical (unpaired) electrons. The Balaban J connectivity index is 0. The zero-order valence-electron chi connectivity index (χ0n) is 11.3. The zero-order chi connectivity index (χ0) is 14.1. The normalized spacial score (nSPS) is 11.9. The summed E-state index contributed by atoms with van der Waals surface area (Å²) in [5.41, 5.74) is -1.35. The minimum absolute atomic E-state index is 0.132. The monoisotopic (exact) mass is 250 g/mol. The van der Waals surface area contributed by atoms with Gasteiger partial charge in [0.05, 0.1) is 13.7 Å². The summed E-state index contributed by atoms with van der Waals surface area (Å²) < 4.78 is 13.7. The number of hydrogen-bond donors (Lipinski definition) is 1. The quantitative estimate of drug-likeness (QED) is 0.732. The van der Waals surface area contributed by atoms with Crippen molar-refractivity contribution in [2.75, 3.05) is 20.8 Å². The Bertz CT molecular complexity index is 231. The Labute approximate surface area is 102 Å². The molecule has 6 nitrogen and oxygen atoms in total. The van der Waals surface area contributed by atoms with Crippen molar-refractivity contribution in [1.29, 1.82) is 0 Å². The second-order valence-corrected chi connectivity index (χ2v) is 3.93.